The lowest BCUT2D eigenvalue weighted by atomic mass is 9.96. The Balaban J connectivity index is 1.85. The third-order valence-corrected chi connectivity index (χ3v) is 4.42. The Morgan fingerprint density at radius 2 is 1.77 bits per heavy atom. The van der Waals surface area contributed by atoms with E-state index in [1.165, 1.54) is 18.2 Å². The minimum absolute atomic E-state index is 0.00442. The maximum atomic E-state index is 13.5. The molecular weight excluding hydrogens is 387 g/mol. The van der Waals surface area contributed by atoms with Crippen LogP contribution in [0.3, 0.4) is 0 Å². The normalized spacial score (nSPS) is 10.6. The number of benzene rings is 2. The van der Waals surface area contributed by atoms with E-state index < -0.39 is 17.6 Å². The molecule has 8 heteroatoms. The number of carbonyl (C=O) groups excluding carboxylic acids is 2. The minimum Gasteiger partial charge on any atom is -0.366 e. The molecule has 2 heterocycles. The van der Waals surface area contributed by atoms with Gasteiger partial charge in [0.2, 0.25) is 11.8 Å². The van der Waals surface area contributed by atoms with Gasteiger partial charge in [0.25, 0.3) is 5.91 Å². The predicted octanol–water partition coefficient (Wildman–Crippen LogP) is 3.89. The topological polar surface area (TPSA) is 111 Å². The zero-order chi connectivity index (χ0) is 21.1. The highest BCUT2D eigenvalue weighted by molar-refractivity contribution is 6.08. The molecule has 0 unspecified atom stereocenters. The van der Waals surface area contributed by atoms with Crippen molar-refractivity contribution in [3.63, 3.8) is 0 Å². The van der Waals surface area contributed by atoms with Gasteiger partial charge in [-0.05, 0) is 36.4 Å². The Hall–Kier alpha value is -4.33. The summed E-state index contributed by atoms with van der Waals surface area (Å²) in [5.41, 5.74) is 7.74. The largest absolute Gasteiger partial charge is 0.366 e. The molecule has 0 radical (unpaired) electrons. The Morgan fingerprint density at radius 1 is 1.00 bits per heavy atom. The van der Waals surface area contributed by atoms with Crippen LogP contribution in [0.4, 0.5) is 10.3 Å². The highest BCUT2D eigenvalue weighted by Crippen LogP contribution is 2.39. The average Bonchev–Trinajstić information content (AvgIpc) is 3.17. The van der Waals surface area contributed by atoms with Crippen LogP contribution < -0.4 is 11.1 Å². The molecular formula is C22H15FN4O3. The van der Waals surface area contributed by atoms with Crippen molar-refractivity contribution in [2.24, 2.45) is 5.73 Å². The molecule has 0 bridgehead atoms. The van der Waals surface area contributed by atoms with Crippen molar-refractivity contribution in [2.75, 3.05) is 5.32 Å². The molecule has 4 rings (SSSR count). The van der Waals surface area contributed by atoms with Gasteiger partial charge < -0.3 is 10.3 Å². The van der Waals surface area contributed by atoms with E-state index in [1.807, 2.05) is 0 Å². The van der Waals surface area contributed by atoms with E-state index in [9.17, 15) is 14.0 Å². The first-order chi connectivity index (χ1) is 14.5. The lowest BCUT2D eigenvalue weighted by Gasteiger charge is -2.09. The zero-order valence-corrected chi connectivity index (χ0v) is 15.5. The molecule has 30 heavy (non-hydrogen) atoms. The molecule has 0 saturated heterocycles. The van der Waals surface area contributed by atoms with Crippen molar-refractivity contribution < 1.29 is 18.5 Å². The standard InChI is InChI=1S/C22H15FN4O3/c23-15-5-3-4-14(12-15)21(29)26-22-18(16-6-1-2-7-17(16)20(24)28)19(27-30-22)13-8-10-25-11-9-13/h1-12H,(H2,24,28)(H,26,29). The molecule has 0 fully saturated rings. The van der Waals surface area contributed by atoms with E-state index in [0.717, 1.165) is 6.07 Å². The van der Waals surface area contributed by atoms with E-state index in [1.54, 1.807) is 48.8 Å². The summed E-state index contributed by atoms with van der Waals surface area (Å²) in [6.07, 6.45) is 3.16. The molecule has 2 aromatic heterocycles. The lowest BCUT2D eigenvalue weighted by Crippen LogP contribution is -2.14. The zero-order valence-electron chi connectivity index (χ0n) is 15.5. The fourth-order valence-electron chi connectivity index (χ4n) is 3.05. The molecule has 0 atom stereocenters. The van der Waals surface area contributed by atoms with Gasteiger partial charge in [0.05, 0.1) is 5.56 Å². The molecule has 7 nitrogen and oxygen atoms in total. The van der Waals surface area contributed by atoms with Gasteiger partial charge in [-0.2, -0.15) is 0 Å². The van der Waals surface area contributed by atoms with Crippen molar-refractivity contribution in [3.8, 4) is 22.4 Å². The summed E-state index contributed by atoms with van der Waals surface area (Å²) in [5, 5.41) is 6.69. The molecule has 0 aliphatic heterocycles. The van der Waals surface area contributed by atoms with Crippen LogP contribution in [0.2, 0.25) is 0 Å². The fraction of sp³-hybridized carbons (Fsp3) is 0. The number of hydrogen-bond donors (Lipinski definition) is 2. The van der Waals surface area contributed by atoms with Gasteiger partial charge in [-0.25, -0.2) is 4.39 Å². The Kier molecular flexibility index (Phi) is 5.04. The van der Waals surface area contributed by atoms with Crippen LogP contribution in [-0.2, 0) is 0 Å². The number of hydrogen-bond acceptors (Lipinski definition) is 5. The highest BCUT2D eigenvalue weighted by Gasteiger charge is 2.24. The van der Waals surface area contributed by atoms with E-state index in [-0.39, 0.29) is 17.0 Å². The average molecular weight is 402 g/mol. The van der Waals surface area contributed by atoms with Gasteiger partial charge in [0.15, 0.2) is 0 Å². The summed E-state index contributed by atoms with van der Waals surface area (Å²) in [5.74, 6) is -1.78. The van der Waals surface area contributed by atoms with Gasteiger partial charge in [-0.3, -0.25) is 19.9 Å². The summed E-state index contributed by atoms with van der Waals surface area (Å²) in [7, 11) is 0. The number of nitrogens with zero attached hydrogens (tertiary/aromatic N) is 2. The molecule has 4 aromatic rings. The van der Waals surface area contributed by atoms with Crippen LogP contribution in [0.15, 0.2) is 77.6 Å². The quantitative estimate of drug-likeness (QED) is 0.526. The number of nitrogens with one attached hydrogen (secondary N) is 1. The van der Waals surface area contributed by atoms with Crippen molar-refractivity contribution in [3.05, 3.63) is 90.0 Å². The number of halogens is 1. The van der Waals surface area contributed by atoms with Gasteiger partial charge >= 0.3 is 0 Å². The van der Waals surface area contributed by atoms with Crippen LogP contribution in [0.1, 0.15) is 20.7 Å². The van der Waals surface area contributed by atoms with Crippen molar-refractivity contribution >= 4 is 17.7 Å². The number of anilines is 1. The van der Waals surface area contributed by atoms with E-state index >= 15 is 0 Å². The minimum atomic E-state index is -0.644. The molecule has 2 aromatic carbocycles. The number of nitrogens with two attached hydrogens (primary N) is 1. The highest BCUT2D eigenvalue weighted by atomic mass is 19.1. The molecule has 0 aliphatic carbocycles. The van der Waals surface area contributed by atoms with Gasteiger partial charge in [0.1, 0.15) is 11.5 Å². The fourth-order valence-corrected chi connectivity index (χ4v) is 3.05. The summed E-state index contributed by atoms with van der Waals surface area (Å²) in [4.78, 5) is 28.6. The van der Waals surface area contributed by atoms with E-state index in [0.29, 0.717) is 22.4 Å². The van der Waals surface area contributed by atoms with Crippen molar-refractivity contribution in [2.45, 2.75) is 0 Å². The maximum Gasteiger partial charge on any atom is 0.258 e. The maximum absolute atomic E-state index is 13.5. The summed E-state index contributed by atoms with van der Waals surface area (Å²) >= 11 is 0. The summed E-state index contributed by atoms with van der Waals surface area (Å²) in [6, 6.07) is 15.3. The van der Waals surface area contributed by atoms with Crippen molar-refractivity contribution in [1.82, 2.24) is 10.1 Å². The second-order valence-corrected chi connectivity index (χ2v) is 6.35. The van der Waals surface area contributed by atoms with Gasteiger partial charge in [-0.15, -0.1) is 0 Å². The van der Waals surface area contributed by atoms with Gasteiger partial charge in [0, 0.05) is 34.6 Å². The SMILES string of the molecule is NC(=O)c1ccccc1-c1c(-c2ccncc2)noc1NC(=O)c1cccc(F)c1. The number of primary amides is 1. The molecule has 3 N–H and O–H groups in total. The van der Waals surface area contributed by atoms with Crippen LogP contribution in [0, 0.1) is 5.82 Å². The molecule has 148 valence electrons. The molecule has 2 amide bonds. The first-order valence-electron chi connectivity index (χ1n) is 8.91. The smallest absolute Gasteiger partial charge is 0.258 e. The number of pyridine rings is 1. The molecule has 0 spiro atoms. The second-order valence-electron chi connectivity index (χ2n) is 6.35. The number of carbonyl (C=O) groups is 2. The van der Waals surface area contributed by atoms with Crippen LogP contribution >= 0.6 is 0 Å². The summed E-state index contributed by atoms with van der Waals surface area (Å²) in [6.45, 7) is 0. The van der Waals surface area contributed by atoms with Crippen molar-refractivity contribution in [1.29, 1.82) is 0 Å². The lowest BCUT2D eigenvalue weighted by molar-refractivity contribution is 0.0998. The Morgan fingerprint density at radius 3 is 2.50 bits per heavy atom. The Bertz CT molecular complexity index is 1240. The molecule has 0 aliphatic rings. The monoisotopic (exact) mass is 402 g/mol. The van der Waals surface area contributed by atoms with Gasteiger partial charge in [-0.1, -0.05) is 29.4 Å². The third-order valence-electron chi connectivity index (χ3n) is 4.42. The summed E-state index contributed by atoms with van der Waals surface area (Å²) < 4.78 is 18.9. The van der Waals surface area contributed by atoms with Crippen LogP contribution in [-0.4, -0.2) is 22.0 Å². The predicted molar refractivity (Wildman–Crippen MR) is 108 cm³/mol. The van der Waals surface area contributed by atoms with Crippen LogP contribution in [0.25, 0.3) is 22.4 Å². The van der Waals surface area contributed by atoms with Crippen LogP contribution in [0.5, 0.6) is 0 Å². The van der Waals surface area contributed by atoms with E-state index in [2.05, 4.69) is 15.5 Å². The van der Waals surface area contributed by atoms with E-state index in [4.69, 9.17) is 10.3 Å². The number of rotatable bonds is 5. The first kappa shape index (κ1) is 19.0. The molecule has 0 saturated carbocycles. The third kappa shape index (κ3) is 3.66. The Labute approximate surface area is 170 Å². The number of amides is 2. The second kappa shape index (κ2) is 7.96. The number of aromatic nitrogens is 2. The first-order valence-corrected chi connectivity index (χ1v) is 8.91.